The van der Waals surface area contributed by atoms with Crippen LogP contribution in [0.1, 0.15) is 45.2 Å². The standard InChI is InChI=1S/C13H21IN2O2/c1-4-6-8-17-12-11(14)10(3)15-13(16-12)18-9-7-5-2/h4-9H2,1-3H3. The number of hydrogen-bond donors (Lipinski definition) is 0. The van der Waals surface area contributed by atoms with E-state index in [0.717, 1.165) is 34.9 Å². The molecule has 0 aliphatic heterocycles. The van der Waals surface area contributed by atoms with Crippen LogP contribution in [0.3, 0.4) is 0 Å². The summed E-state index contributed by atoms with van der Waals surface area (Å²) in [7, 11) is 0. The van der Waals surface area contributed by atoms with Gasteiger partial charge >= 0.3 is 6.01 Å². The molecule has 0 aromatic carbocycles. The number of aromatic nitrogens is 2. The van der Waals surface area contributed by atoms with Gasteiger partial charge in [-0.05, 0) is 42.4 Å². The van der Waals surface area contributed by atoms with E-state index >= 15 is 0 Å². The molecule has 1 heterocycles. The van der Waals surface area contributed by atoms with Gasteiger partial charge in [-0.3, -0.25) is 0 Å². The Morgan fingerprint density at radius 3 is 2.22 bits per heavy atom. The van der Waals surface area contributed by atoms with Crippen molar-refractivity contribution in [2.75, 3.05) is 13.2 Å². The van der Waals surface area contributed by atoms with Gasteiger partial charge in [0.2, 0.25) is 5.88 Å². The molecule has 102 valence electrons. The topological polar surface area (TPSA) is 44.2 Å². The highest BCUT2D eigenvalue weighted by molar-refractivity contribution is 14.1. The highest BCUT2D eigenvalue weighted by atomic mass is 127. The zero-order valence-corrected chi connectivity index (χ0v) is 13.5. The fourth-order valence-corrected chi connectivity index (χ4v) is 1.69. The molecule has 0 N–H and O–H groups in total. The summed E-state index contributed by atoms with van der Waals surface area (Å²) in [6, 6.07) is 0.424. The second kappa shape index (κ2) is 8.50. The number of nitrogens with zero attached hydrogens (tertiary/aromatic N) is 2. The molecule has 0 unspecified atom stereocenters. The van der Waals surface area contributed by atoms with Crippen LogP contribution >= 0.6 is 22.6 Å². The average molecular weight is 364 g/mol. The molecule has 5 heteroatoms. The number of halogens is 1. The molecule has 1 aromatic rings. The van der Waals surface area contributed by atoms with Crippen molar-refractivity contribution in [2.45, 2.75) is 46.5 Å². The van der Waals surface area contributed by atoms with Crippen molar-refractivity contribution >= 4 is 22.6 Å². The van der Waals surface area contributed by atoms with Crippen LogP contribution in [0.5, 0.6) is 11.9 Å². The Hall–Kier alpha value is -0.590. The second-order valence-electron chi connectivity index (χ2n) is 4.11. The molecule has 1 aromatic heterocycles. The maximum atomic E-state index is 5.67. The van der Waals surface area contributed by atoms with E-state index in [1.165, 1.54) is 0 Å². The van der Waals surface area contributed by atoms with E-state index in [1.807, 2.05) is 6.92 Å². The van der Waals surface area contributed by atoms with Gasteiger partial charge in [0.25, 0.3) is 0 Å². The van der Waals surface area contributed by atoms with Crippen LogP contribution in [-0.2, 0) is 0 Å². The fraction of sp³-hybridized carbons (Fsp3) is 0.692. The van der Waals surface area contributed by atoms with Gasteiger partial charge in [-0.1, -0.05) is 26.7 Å². The SMILES string of the molecule is CCCCOc1nc(C)c(I)c(OCCCC)n1. The van der Waals surface area contributed by atoms with Gasteiger partial charge < -0.3 is 9.47 Å². The van der Waals surface area contributed by atoms with E-state index in [9.17, 15) is 0 Å². The maximum Gasteiger partial charge on any atom is 0.319 e. The van der Waals surface area contributed by atoms with Gasteiger partial charge in [-0.25, -0.2) is 0 Å². The van der Waals surface area contributed by atoms with Gasteiger partial charge in [-0.15, -0.1) is 0 Å². The van der Waals surface area contributed by atoms with Crippen LogP contribution in [0.15, 0.2) is 0 Å². The Morgan fingerprint density at radius 1 is 1.00 bits per heavy atom. The molecule has 0 aliphatic carbocycles. The maximum absolute atomic E-state index is 5.67. The van der Waals surface area contributed by atoms with Gasteiger partial charge in [0.1, 0.15) is 0 Å². The summed E-state index contributed by atoms with van der Waals surface area (Å²) in [5.41, 5.74) is 0.906. The molecule has 0 saturated carbocycles. The van der Waals surface area contributed by atoms with E-state index in [0.29, 0.717) is 25.1 Å². The third kappa shape index (κ3) is 4.96. The highest BCUT2D eigenvalue weighted by Crippen LogP contribution is 2.23. The Bertz CT molecular complexity index is 372. The Kier molecular flexibility index (Phi) is 7.31. The van der Waals surface area contributed by atoms with E-state index < -0.39 is 0 Å². The predicted molar refractivity (Wildman–Crippen MR) is 80.3 cm³/mol. The lowest BCUT2D eigenvalue weighted by molar-refractivity contribution is 0.262. The molecule has 0 saturated heterocycles. The van der Waals surface area contributed by atoms with Crippen molar-refractivity contribution in [2.24, 2.45) is 0 Å². The second-order valence-corrected chi connectivity index (χ2v) is 5.19. The van der Waals surface area contributed by atoms with Crippen LogP contribution in [0, 0.1) is 10.5 Å². The number of aryl methyl sites for hydroxylation is 1. The van der Waals surface area contributed by atoms with Crippen LogP contribution in [0.2, 0.25) is 0 Å². The molecule has 4 nitrogen and oxygen atoms in total. The lowest BCUT2D eigenvalue weighted by atomic mass is 10.4. The van der Waals surface area contributed by atoms with Crippen molar-refractivity contribution < 1.29 is 9.47 Å². The van der Waals surface area contributed by atoms with Crippen molar-refractivity contribution in [3.05, 3.63) is 9.26 Å². The Labute approximate surface area is 123 Å². The smallest absolute Gasteiger partial charge is 0.319 e. The minimum atomic E-state index is 0.424. The summed E-state index contributed by atoms with van der Waals surface area (Å²) in [6.45, 7) is 7.56. The molecule has 0 fully saturated rings. The van der Waals surface area contributed by atoms with Crippen molar-refractivity contribution in [1.82, 2.24) is 9.97 Å². The lowest BCUT2D eigenvalue weighted by Crippen LogP contribution is -2.07. The molecular weight excluding hydrogens is 343 g/mol. The zero-order valence-electron chi connectivity index (χ0n) is 11.3. The summed E-state index contributed by atoms with van der Waals surface area (Å²) < 4.78 is 12.2. The molecular formula is C13H21IN2O2. The molecule has 0 amide bonds. The minimum Gasteiger partial charge on any atom is -0.477 e. The first-order valence-corrected chi connectivity index (χ1v) is 7.56. The first-order valence-electron chi connectivity index (χ1n) is 6.48. The summed E-state index contributed by atoms with van der Waals surface area (Å²) in [5, 5.41) is 0. The molecule has 18 heavy (non-hydrogen) atoms. The molecule has 0 aliphatic rings. The summed E-state index contributed by atoms with van der Waals surface area (Å²) >= 11 is 2.21. The van der Waals surface area contributed by atoms with Crippen LogP contribution in [0.4, 0.5) is 0 Å². The highest BCUT2D eigenvalue weighted by Gasteiger charge is 2.11. The minimum absolute atomic E-state index is 0.424. The molecule has 0 atom stereocenters. The van der Waals surface area contributed by atoms with E-state index in [-0.39, 0.29) is 0 Å². The number of rotatable bonds is 8. The van der Waals surface area contributed by atoms with Crippen LogP contribution in [0.25, 0.3) is 0 Å². The Morgan fingerprint density at radius 2 is 1.61 bits per heavy atom. The normalized spacial score (nSPS) is 10.4. The number of hydrogen-bond acceptors (Lipinski definition) is 4. The van der Waals surface area contributed by atoms with E-state index in [2.05, 4.69) is 46.4 Å². The Balaban J connectivity index is 2.69. The first kappa shape index (κ1) is 15.5. The predicted octanol–water partition coefficient (Wildman–Crippen LogP) is 3.75. The lowest BCUT2D eigenvalue weighted by Gasteiger charge is -2.10. The van der Waals surface area contributed by atoms with Crippen LogP contribution in [-0.4, -0.2) is 23.2 Å². The average Bonchev–Trinajstić information content (AvgIpc) is 2.35. The van der Waals surface area contributed by atoms with Crippen molar-refractivity contribution in [1.29, 1.82) is 0 Å². The van der Waals surface area contributed by atoms with Gasteiger partial charge in [0, 0.05) is 0 Å². The molecule has 1 rings (SSSR count). The monoisotopic (exact) mass is 364 g/mol. The fourth-order valence-electron chi connectivity index (χ4n) is 1.29. The third-order valence-corrected chi connectivity index (χ3v) is 3.67. The van der Waals surface area contributed by atoms with Crippen molar-refractivity contribution in [3.63, 3.8) is 0 Å². The molecule has 0 spiro atoms. The quantitative estimate of drug-likeness (QED) is 0.521. The summed E-state index contributed by atoms with van der Waals surface area (Å²) in [6.07, 6.45) is 4.26. The number of ether oxygens (including phenoxy) is 2. The van der Waals surface area contributed by atoms with Gasteiger partial charge in [0.15, 0.2) is 0 Å². The number of unbranched alkanes of at least 4 members (excludes halogenated alkanes) is 2. The summed E-state index contributed by atoms with van der Waals surface area (Å²) in [4.78, 5) is 8.63. The van der Waals surface area contributed by atoms with E-state index in [4.69, 9.17) is 9.47 Å². The largest absolute Gasteiger partial charge is 0.477 e. The molecule has 0 bridgehead atoms. The third-order valence-electron chi connectivity index (χ3n) is 2.43. The van der Waals surface area contributed by atoms with Crippen molar-refractivity contribution in [3.8, 4) is 11.9 Å². The summed E-state index contributed by atoms with van der Waals surface area (Å²) in [5.74, 6) is 0.642. The van der Waals surface area contributed by atoms with Gasteiger partial charge in [0.05, 0.1) is 22.5 Å². The van der Waals surface area contributed by atoms with Gasteiger partial charge in [-0.2, -0.15) is 9.97 Å². The zero-order chi connectivity index (χ0) is 13.4. The van der Waals surface area contributed by atoms with Crippen LogP contribution < -0.4 is 9.47 Å². The molecule has 0 radical (unpaired) electrons. The first-order chi connectivity index (χ1) is 8.69. The van der Waals surface area contributed by atoms with E-state index in [1.54, 1.807) is 0 Å².